The van der Waals surface area contributed by atoms with E-state index in [1.54, 1.807) is 19.2 Å². The minimum atomic E-state index is -0.823. The number of hydrogen-bond donors (Lipinski definition) is 1. The number of methoxy groups -OCH3 is 1. The largest absolute Gasteiger partial charge is 0.492 e. The highest BCUT2D eigenvalue weighted by Gasteiger charge is 2.02. The molecule has 0 heterocycles. The maximum Gasteiger partial charge on any atom is 0.307 e. The van der Waals surface area contributed by atoms with Crippen LogP contribution in [0.25, 0.3) is 0 Å². The number of hydrogen-bond acceptors (Lipinski definition) is 4. The third kappa shape index (κ3) is 7.11. The van der Waals surface area contributed by atoms with Crippen LogP contribution in [0.2, 0.25) is 0 Å². The molecule has 0 aliphatic rings. The lowest BCUT2D eigenvalue weighted by Crippen LogP contribution is -2.26. The zero-order valence-corrected chi connectivity index (χ0v) is 12.2. The molecule has 0 spiro atoms. The van der Waals surface area contributed by atoms with Gasteiger partial charge in [0.2, 0.25) is 0 Å². The SMILES string of the molecule is COCCCN(C)CCOc1ccc(CC(=O)O)cc1. The predicted octanol–water partition coefficient (Wildman–Crippen LogP) is 1.66. The third-order valence-corrected chi connectivity index (χ3v) is 2.91. The zero-order valence-electron chi connectivity index (χ0n) is 12.2. The zero-order chi connectivity index (χ0) is 14.8. The fourth-order valence-electron chi connectivity index (χ4n) is 1.79. The Labute approximate surface area is 120 Å². The normalized spacial score (nSPS) is 10.8. The Kier molecular flexibility index (Phi) is 7.69. The van der Waals surface area contributed by atoms with E-state index < -0.39 is 5.97 Å². The Hall–Kier alpha value is -1.59. The van der Waals surface area contributed by atoms with E-state index in [-0.39, 0.29) is 6.42 Å². The number of likely N-dealkylation sites (N-methyl/N-ethyl adjacent to an activating group) is 1. The van der Waals surface area contributed by atoms with Gasteiger partial charge < -0.3 is 19.5 Å². The van der Waals surface area contributed by atoms with Crippen molar-refractivity contribution in [2.24, 2.45) is 0 Å². The van der Waals surface area contributed by atoms with E-state index in [1.807, 2.05) is 12.1 Å². The van der Waals surface area contributed by atoms with Gasteiger partial charge in [0.05, 0.1) is 6.42 Å². The molecular formula is C15H23NO4. The summed E-state index contributed by atoms with van der Waals surface area (Å²) in [6, 6.07) is 7.18. The molecule has 0 aromatic heterocycles. The number of carboxylic acids is 1. The van der Waals surface area contributed by atoms with Crippen LogP contribution in [0, 0.1) is 0 Å². The number of ether oxygens (including phenoxy) is 2. The van der Waals surface area contributed by atoms with Gasteiger partial charge in [-0.1, -0.05) is 12.1 Å². The molecule has 5 heteroatoms. The summed E-state index contributed by atoms with van der Waals surface area (Å²) in [6.07, 6.45) is 1.05. The summed E-state index contributed by atoms with van der Waals surface area (Å²) >= 11 is 0. The van der Waals surface area contributed by atoms with Gasteiger partial charge >= 0.3 is 5.97 Å². The highest BCUT2D eigenvalue weighted by atomic mass is 16.5. The Balaban J connectivity index is 2.23. The second-order valence-electron chi connectivity index (χ2n) is 4.71. The van der Waals surface area contributed by atoms with E-state index in [0.717, 1.165) is 37.4 Å². The lowest BCUT2D eigenvalue weighted by molar-refractivity contribution is -0.136. The Morgan fingerprint density at radius 1 is 1.20 bits per heavy atom. The first-order chi connectivity index (χ1) is 9.61. The van der Waals surface area contributed by atoms with Crippen LogP contribution in [0.4, 0.5) is 0 Å². The molecule has 0 saturated heterocycles. The molecule has 1 rings (SSSR count). The van der Waals surface area contributed by atoms with Crippen LogP contribution in [0.5, 0.6) is 5.75 Å². The number of carbonyl (C=O) groups is 1. The van der Waals surface area contributed by atoms with Gasteiger partial charge in [0.25, 0.3) is 0 Å². The third-order valence-electron chi connectivity index (χ3n) is 2.91. The second-order valence-corrected chi connectivity index (χ2v) is 4.71. The van der Waals surface area contributed by atoms with Crippen molar-refractivity contribution in [1.29, 1.82) is 0 Å². The quantitative estimate of drug-likeness (QED) is 0.661. The van der Waals surface area contributed by atoms with Crippen LogP contribution in [0.3, 0.4) is 0 Å². The van der Waals surface area contributed by atoms with Crippen LogP contribution in [-0.2, 0) is 16.0 Å². The van der Waals surface area contributed by atoms with Crippen LogP contribution in [0.15, 0.2) is 24.3 Å². The molecular weight excluding hydrogens is 258 g/mol. The summed E-state index contributed by atoms with van der Waals surface area (Å²) in [6.45, 7) is 3.22. The van der Waals surface area contributed by atoms with Gasteiger partial charge in [-0.05, 0) is 31.2 Å². The van der Waals surface area contributed by atoms with E-state index in [9.17, 15) is 4.79 Å². The van der Waals surface area contributed by atoms with Crippen molar-refractivity contribution in [3.05, 3.63) is 29.8 Å². The molecule has 1 aromatic rings. The molecule has 5 nitrogen and oxygen atoms in total. The first-order valence-corrected chi connectivity index (χ1v) is 6.73. The number of benzene rings is 1. The lowest BCUT2D eigenvalue weighted by atomic mass is 10.1. The van der Waals surface area contributed by atoms with Crippen molar-refractivity contribution in [3.63, 3.8) is 0 Å². The topological polar surface area (TPSA) is 59.0 Å². The molecule has 0 amide bonds. The maximum absolute atomic E-state index is 10.6. The molecule has 0 unspecified atom stereocenters. The second kappa shape index (κ2) is 9.34. The van der Waals surface area contributed by atoms with Gasteiger partial charge in [0, 0.05) is 26.8 Å². The van der Waals surface area contributed by atoms with E-state index in [1.165, 1.54) is 0 Å². The summed E-state index contributed by atoms with van der Waals surface area (Å²) in [5.74, 6) is -0.0548. The van der Waals surface area contributed by atoms with E-state index >= 15 is 0 Å². The standard InChI is InChI=1S/C15H23NO4/c1-16(8-3-10-19-2)9-11-20-14-6-4-13(5-7-14)12-15(17)18/h4-7H,3,8-12H2,1-2H3,(H,17,18). The number of nitrogens with zero attached hydrogens (tertiary/aromatic N) is 1. The summed E-state index contributed by atoms with van der Waals surface area (Å²) in [5.41, 5.74) is 0.779. The highest BCUT2D eigenvalue weighted by molar-refractivity contribution is 5.70. The van der Waals surface area contributed by atoms with E-state index in [0.29, 0.717) is 6.61 Å². The van der Waals surface area contributed by atoms with Crippen molar-refractivity contribution in [2.45, 2.75) is 12.8 Å². The summed E-state index contributed by atoms with van der Waals surface area (Å²) in [5, 5.41) is 8.68. The highest BCUT2D eigenvalue weighted by Crippen LogP contribution is 2.12. The molecule has 0 bridgehead atoms. The van der Waals surface area contributed by atoms with Crippen LogP contribution in [-0.4, -0.2) is 56.4 Å². The first kappa shape index (κ1) is 16.5. The van der Waals surface area contributed by atoms with Crippen LogP contribution < -0.4 is 4.74 Å². The van der Waals surface area contributed by atoms with Crippen molar-refractivity contribution in [2.75, 3.05) is 40.5 Å². The average Bonchev–Trinajstić information content (AvgIpc) is 2.40. The molecule has 0 radical (unpaired) electrons. The number of aliphatic carboxylic acids is 1. The molecule has 20 heavy (non-hydrogen) atoms. The molecule has 0 saturated carbocycles. The van der Waals surface area contributed by atoms with E-state index in [4.69, 9.17) is 14.6 Å². The summed E-state index contributed by atoms with van der Waals surface area (Å²) in [7, 11) is 3.76. The van der Waals surface area contributed by atoms with Crippen molar-refractivity contribution in [3.8, 4) is 5.75 Å². The van der Waals surface area contributed by atoms with Crippen LogP contribution in [0.1, 0.15) is 12.0 Å². The molecule has 0 aliphatic heterocycles. The van der Waals surface area contributed by atoms with Gasteiger partial charge in [0.15, 0.2) is 0 Å². The fraction of sp³-hybridized carbons (Fsp3) is 0.533. The van der Waals surface area contributed by atoms with Crippen LogP contribution >= 0.6 is 0 Å². The maximum atomic E-state index is 10.6. The molecule has 0 aliphatic carbocycles. The molecule has 112 valence electrons. The number of carboxylic acid groups (broad SMARTS) is 1. The average molecular weight is 281 g/mol. The monoisotopic (exact) mass is 281 g/mol. The Bertz CT molecular complexity index is 391. The Morgan fingerprint density at radius 2 is 1.90 bits per heavy atom. The molecule has 1 aromatic carbocycles. The molecule has 1 N–H and O–H groups in total. The fourth-order valence-corrected chi connectivity index (χ4v) is 1.79. The van der Waals surface area contributed by atoms with E-state index in [2.05, 4.69) is 11.9 Å². The van der Waals surface area contributed by atoms with Crippen molar-refractivity contribution in [1.82, 2.24) is 4.90 Å². The smallest absolute Gasteiger partial charge is 0.307 e. The first-order valence-electron chi connectivity index (χ1n) is 6.73. The van der Waals surface area contributed by atoms with Crippen molar-refractivity contribution >= 4 is 5.97 Å². The lowest BCUT2D eigenvalue weighted by Gasteiger charge is -2.16. The summed E-state index contributed by atoms with van der Waals surface area (Å²) < 4.78 is 10.6. The van der Waals surface area contributed by atoms with Gasteiger partial charge in [-0.3, -0.25) is 4.79 Å². The van der Waals surface area contributed by atoms with Crippen molar-refractivity contribution < 1.29 is 19.4 Å². The van der Waals surface area contributed by atoms with Gasteiger partial charge in [-0.15, -0.1) is 0 Å². The molecule has 0 fully saturated rings. The minimum Gasteiger partial charge on any atom is -0.492 e. The predicted molar refractivity (Wildman–Crippen MR) is 77.3 cm³/mol. The van der Waals surface area contributed by atoms with Gasteiger partial charge in [-0.2, -0.15) is 0 Å². The Morgan fingerprint density at radius 3 is 2.50 bits per heavy atom. The van der Waals surface area contributed by atoms with Gasteiger partial charge in [-0.25, -0.2) is 0 Å². The van der Waals surface area contributed by atoms with Gasteiger partial charge in [0.1, 0.15) is 12.4 Å². The summed E-state index contributed by atoms with van der Waals surface area (Å²) in [4.78, 5) is 12.8. The minimum absolute atomic E-state index is 0.0442. The number of rotatable bonds is 10. The molecule has 0 atom stereocenters.